The first-order valence-electron chi connectivity index (χ1n) is 6.62. The summed E-state index contributed by atoms with van der Waals surface area (Å²) in [7, 11) is 0. The van der Waals surface area contributed by atoms with Crippen LogP contribution in [0.3, 0.4) is 0 Å². The molecule has 3 fully saturated rings. The largest absolute Gasteiger partial charge is 0.379 e. The predicted molar refractivity (Wildman–Crippen MR) is 63.5 cm³/mol. The van der Waals surface area contributed by atoms with Crippen molar-refractivity contribution in [3.05, 3.63) is 0 Å². The van der Waals surface area contributed by atoms with Gasteiger partial charge < -0.3 is 15.4 Å². The van der Waals surface area contributed by atoms with Gasteiger partial charge in [-0.15, -0.1) is 0 Å². The molecule has 5 heteroatoms. The highest BCUT2D eigenvalue weighted by molar-refractivity contribution is 5.80. The fraction of sp³-hybridized carbons (Fsp3) is 0.917. The quantitative estimate of drug-likeness (QED) is 0.655. The van der Waals surface area contributed by atoms with E-state index in [1.807, 2.05) is 4.90 Å². The average molecular weight is 239 g/mol. The SMILES string of the molecule is NC1COCC1C(=O)N1CCN2CCCC2C1. The Morgan fingerprint density at radius 1 is 1.24 bits per heavy atom. The molecule has 0 aliphatic carbocycles. The highest BCUT2D eigenvalue weighted by Crippen LogP contribution is 2.23. The Morgan fingerprint density at radius 3 is 2.88 bits per heavy atom. The molecule has 0 aromatic carbocycles. The molecule has 2 N–H and O–H groups in total. The third kappa shape index (κ3) is 2.07. The zero-order valence-electron chi connectivity index (χ0n) is 10.2. The molecule has 3 aliphatic rings. The summed E-state index contributed by atoms with van der Waals surface area (Å²) in [5.41, 5.74) is 5.91. The van der Waals surface area contributed by atoms with Crippen molar-refractivity contribution in [2.45, 2.75) is 24.9 Å². The first-order chi connectivity index (χ1) is 8.25. The molecule has 0 aromatic heterocycles. The van der Waals surface area contributed by atoms with Gasteiger partial charge in [0.05, 0.1) is 19.1 Å². The Morgan fingerprint density at radius 2 is 2.12 bits per heavy atom. The molecule has 3 unspecified atom stereocenters. The van der Waals surface area contributed by atoms with E-state index < -0.39 is 0 Å². The number of hydrogen-bond donors (Lipinski definition) is 1. The van der Waals surface area contributed by atoms with E-state index in [1.165, 1.54) is 19.4 Å². The van der Waals surface area contributed by atoms with Gasteiger partial charge in [-0.25, -0.2) is 0 Å². The summed E-state index contributed by atoms with van der Waals surface area (Å²) < 4.78 is 5.29. The number of nitrogens with zero attached hydrogens (tertiary/aromatic N) is 2. The molecule has 3 rings (SSSR count). The van der Waals surface area contributed by atoms with Crippen molar-refractivity contribution in [1.82, 2.24) is 9.80 Å². The predicted octanol–water partition coefficient (Wildman–Crippen LogP) is -0.733. The fourth-order valence-corrected chi connectivity index (χ4v) is 3.25. The highest BCUT2D eigenvalue weighted by Gasteiger charge is 2.38. The number of rotatable bonds is 1. The van der Waals surface area contributed by atoms with Gasteiger partial charge in [0.25, 0.3) is 0 Å². The van der Waals surface area contributed by atoms with E-state index in [0.29, 0.717) is 19.3 Å². The lowest BCUT2D eigenvalue weighted by Crippen LogP contribution is -2.55. The lowest BCUT2D eigenvalue weighted by molar-refractivity contribution is -0.138. The monoisotopic (exact) mass is 239 g/mol. The summed E-state index contributed by atoms with van der Waals surface area (Å²) in [6.45, 7) is 5.02. The summed E-state index contributed by atoms with van der Waals surface area (Å²) in [5.74, 6) is 0.101. The third-order valence-electron chi connectivity index (χ3n) is 4.34. The van der Waals surface area contributed by atoms with Crippen molar-refractivity contribution in [2.75, 3.05) is 39.4 Å². The van der Waals surface area contributed by atoms with E-state index in [0.717, 1.165) is 19.6 Å². The Balaban J connectivity index is 1.62. The van der Waals surface area contributed by atoms with Crippen molar-refractivity contribution in [3.63, 3.8) is 0 Å². The van der Waals surface area contributed by atoms with Gasteiger partial charge in [-0.05, 0) is 19.4 Å². The van der Waals surface area contributed by atoms with Crippen LogP contribution < -0.4 is 5.73 Å². The number of nitrogens with two attached hydrogens (primary N) is 1. The number of fused-ring (bicyclic) bond motifs is 1. The second-order valence-corrected chi connectivity index (χ2v) is 5.42. The van der Waals surface area contributed by atoms with Gasteiger partial charge in [0.15, 0.2) is 0 Å². The van der Waals surface area contributed by atoms with Crippen molar-refractivity contribution < 1.29 is 9.53 Å². The molecule has 0 saturated carbocycles. The first-order valence-corrected chi connectivity index (χ1v) is 6.62. The molecule has 17 heavy (non-hydrogen) atoms. The molecule has 96 valence electrons. The van der Waals surface area contributed by atoms with Crippen LogP contribution in [0, 0.1) is 5.92 Å². The van der Waals surface area contributed by atoms with Crippen LogP contribution in [0.15, 0.2) is 0 Å². The van der Waals surface area contributed by atoms with Crippen LogP contribution in [0.1, 0.15) is 12.8 Å². The van der Waals surface area contributed by atoms with E-state index in [2.05, 4.69) is 4.90 Å². The molecule has 3 aliphatic heterocycles. The maximum Gasteiger partial charge on any atom is 0.229 e. The Hall–Kier alpha value is -0.650. The number of piperazine rings is 1. The van der Waals surface area contributed by atoms with Crippen molar-refractivity contribution in [2.24, 2.45) is 11.7 Å². The van der Waals surface area contributed by atoms with Crippen molar-refractivity contribution in [1.29, 1.82) is 0 Å². The standard InChI is InChI=1S/C12H21N3O2/c13-11-8-17-7-10(11)12(16)15-5-4-14-3-1-2-9(14)6-15/h9-11H,1-8,13H2. The highest BCUT2D eigenvalue weighted by atomic mass is 16.5. The van der Waals surface area contributed by atoms with Crippen LogP contribution in [0.2, 0.25) is 0 Å². The molecule has 0 spiro atoms. The van der Waals surface area contributed by atoms with Gasteiger partial charge in [-0.2, -0.15) is 0 Å². The zero-order chi connectivity index (χ0) is 11.8. The fourth-order valence-electron chi connectivity index (χ4n) is 3.25. The van der Waals surface area contributed by atoms with E-state index in [9.17, 15) is 4.79 Å². The van der Waals surface area contributed by atoms with Crippen LogP contribution >= 0.6 is 0 Å². The molecule has 1 amide bonds. The molecule has 0 bridgehead atoms. The van der Waals surface area contributed by atoms with Gasteiger partial charge in [0.1, 0.15) is 0 Å². The zero-order valence-corrected chi connectivity index (χ0v) is 10.2. The number of amides is 1. The summed E-state index contributed by atoms with van der Waals surface area (Å²) in [5, 5.41) is 0. The Bertz CT molecular complexity index is 310. The second-order valence-electron chi connectivity index (χ2n) is 5.42. The Labute approximate surface area is 102 Å². The molecule has 3 atom stereocenters. The van der Waals surface area contributed by atoms with Crippen LogP contribution in [0.5, 0.6) is 0 Å². The number of hydrogen-bond acceptors (Lipinski definition) is 4. The number of ether oxygens (including phenoxy) is 1. The van der Waals surface area contributed by atoms with Crippen LogP contribution in [0.4, 0.5) is 0 Å². The minimum absolute atomic E-state index is 0.107. The lowest BCUT2D eigenvalue weighted by atomic mass is 10.0. The van der Waals surface area contributed by atoms with E-state index >= 15 is 0 Å². The first kappa shape index (κ1) is 11.4. The molecule has 3 heterocycles. The molecule has 0 radical (unpaired) electrons. The smallest absolute Gasteiger partial charge is 0.229 e. The van der Waals surface area contributed by atoms with Gasteiger partial charge in [0.2, 0.25) is 5.91 Å². The van der Waals surface area contributed by atoms with Crippen LogP contribution in [-0.4, -0.2) is 67.2 Å². The normalized spacial score (nSPS) is 38.4. The van der Waals surface area contributed by atoms with E-state index in [-0.39, 0.29) is 17.9 Å². The second kappa shape index (κ2) is 4.55. The molecule has 5 nitrogen and oxygen atoms in total. The number of carbonyl (C=O) groups is 1. The van der Waals surface area contributed by atoms with Gasteiger partial charge in [-0.3, -0.25) is 9.69 Å². The van der Waals surface area contributed by atoms with Crippen LogP contribution in [0.25, 0.3) is 0 Å². The Kier molecular flexibility index (Phi) is 3.06. The number of carbonyl (C=O) groups excluding carboxylic acids is 1. The molecule has 3 saturated heterocycles. The summed E-state index contributed by atoms with van der Waals surface area (Å²) in [6.07, 6.45) is 2.51. The van der Waals surface area contributed by atoms with E-state index in [4.69, 9.17) is 10.5 Å². The minimum Gasteiger partial charge on any atom is -0.379 e. The molecular formula is C12H21N3O2. The van der Waals surface area contributed by atoms with Crippen molar-refractivity contribution >= 4 is 5.91 Å². The lowest BCUT2D eigenvalue weighted by Gasteiger charge is -2.38. The average Bonchev–Trinajstić information content (AvgIpc) is 2.95. The maximum absolute atomic E-state index is 12.3. The van der Waals surface area contributed by atoms with E-state index in [1.54, 1.807) is 0 Å². The molecular weight excluding hydrogens is 218 g/mol. The van der Waals surface area contributed by atoms with Crippen molar-refractivity contribution in [3.8, 4) is 0 Å². The summed E-state index contributed by atoms with van der Waals surface area (Å²) >= 11 is 0. The van der Waals surface area contributed by atoms with Gasteiger partial charge in [-0.1, -0.05) is 0 Å². The van der Waals surface area contributed by atoms with Crippen LogP contribution in [-0.2, 0) is 9.53 Å². The topological polar surface area (TPSA) is 58.8 Å². The maximum atomic E-state index is 12.3. The third-order valence-corrected chi connectivity index (χ3v) is 4.34. The van der Waals surface area contributed by atoms with Gasteiger partial charge >= 0.3 is 0 Å². The minimum atomic E-state index is -0.108. The summed E-state index contributed by atoms with van der Waals surface area (Å²) in [6, 6.07) is 0.482. The summed E-state index contributed by atoms with van der Waals surface area (Å²) in [4.78, 5) is 16.9. The molecule has 0 aromatic rings. The van der Waals surface area contributed by atoms with Gasteiger partial charge in [0, 0.05) is 31.7 Å².